The molecule has 0 fully saturated rings. The van der Waals surface area contributed by atoms with E-state index in [0.29, 0.717) is 24.1 Å². The van der Waals surface area contributed by atoms with Gasteiger partial charge in [0.2, 0.25) is 11.8 Å². The quantitative estimate of drug-likeness (QED) is 0.608. The number of hydrogen-bond donors (Lipinski definition) is 3. The monoisotopic (exact) mass is 463 g/mol. The van der Waals surface area contributed by atoms with Crippen LogP contribution >= 0.6 is 0 Å². The van der Waals surface area contributed by atoms with Crippen LogP contribution in [0, 0.1) is 12.8 Å². The number of aryl methyl sites for hydroxylation is 2. The molecule has 2 aliphatic rings. The topological polar surface area (TPSA) is 116 Å². The standard InChI is InChI=1S/C26H29N3O5/c1-14(2)21(28-23(30)17-9-7-15(3)8-10-17)24(31)27-19-12-11-16-5-4-6-18-13-20(26(33)34)29(22(16)18)25(19)32/h4-10,14,19-21H,11-13H2,1-3H3,(H,27,31)(H,28,30)(H,33,34)/t19-,20-,21-/m0/s1. The Kier molecular flexibility index (Phi) is 6.41. The summed E-state index contributed by atoms with van der Waals surface area (Å²) in [5.41, 5.74) is 3.85. The molecule has 2 heterocycles. The summed E-state index contributed by atoms with van der Waals surface area (Å²) in [6.45, 7) is 5.56. The molecule has 0 radical (unpaired) electrons. The lowest BCUT2D eigenvalue weighted by Crippen LogP contribution is -2.57. The highest BCUT2D eigenvalue weighted by atomic mass is 16.4. The van der Waals surface area contributed by atoms with Crippen molar-refractivity contribution in [3.8, 4) is 0 Å². The summed E-state index contributed by atoms with van der Waals surface area (Å²) in [5, 5.41) is 15.3. The zero-order valence-corrected chi connectivity index (χ0v) is 19.5. The van der Waals surface area contributed by atoms with E-state index < -0.39 is 35.9 Å². The molecule has 0 spiro atoms. The minimum Gasteiger partial charge on any atom is -0.480 e. The third-order valence-corrected chi connectivity index (χ3v) is 6.56. The van der Waals surface area contributed by atoms with E-state index in [1.54, 1.807) is 12.1 Å². The molecule has 0 saturated heterocycles. The van der Waals surface area contributed by atoms with Gasteiger partial charge in [0.1, 0.15) is 18.1 Å². The van der Waals surface area contributed by atoms with Gasteiger partial charge in [-0.2, -0.15) is 0 Å². The fraction of sp³-hybridized carbons (Fsp3) is 0.385. The number of benzene rings is 2. The van der Waals surface area contributed by atoms with Crippen molar-refractivity contribution >= 4 is 29.4 Å². The molecule has 3 atom stereocenters. The molecule has 34 heavy (non-hydrogen) atoms. The van der Waals surface area contributed by atoms with Crippen molar-refractivity contribution in [3.63, 3.8) is 0 Å². The van der Waals surface area contributed by atoms with E-state index in [4.69, 9.17) is 0 Å². The normalized spacial score (nSPS) is 19.9. The van der Waals surface area contributed by atoms with E-state index in [-0.39, 0.29) is 18.2 Å². The highest BCUT2D eigenvalue weighted by molar-refractivity contribution is 6.07. The number of rotatable bonds is 6. The van der Waals surface area contributed by atoms with Crippen LogP contribution in [-0.4, -0.2) is 46.9 Å². The first-order valence-electron chi connectivity index (χ1n) is 11.5. The molecule has 3 amide bonds. The van der Waals surface area contributed by atoms with Crippen LogP contribution in [0.2, 0.25) is 0 Å². The maximum atomic E-state index is 13.5. The number of para-hydroxylation sites is 1. The molecule has 0 bridgehead atoms. The van der Waals surface area contributed by atoms with Crippen LogP contribution < -0.4 is 15.5 Å². The summed E-state index contributed by atoms with van der Waals surface area (Å²) in [4.78, 5) is 52.6. The van der Waals surface area contributed by atoms with Crippen molar-refractivity contribution in [3.05, 3.63) is 64.7 Å². The van der Waals surface area contributed by atoms with Crippen LogP contribution in [0.4, 0.5) is 5.69 Å². The van der Waals surface area contributed by atoms with Gasteiger partial charge in [0, 0.05) is 12.0 Å². The maximum absolute atomic E-state index is 13.5. The van der Waals surface area contributed by atoms with E-state index in [2.05, 4.69) is 10.6 Å². The number of carbonyl (C=O) groups excluding carboxylic acids is 3. The number of amides is 3. The van der Waals surface area contributed by atoms with E-state index in [9.17, 15) is 24.3 Å². The Balaban J connectivity index is 1.53. The Morgan fingerprint density at radius 3 is 2.38 bits per heavy atom. The van der Waals surface area contributed by atoms with Crippen molar-refractivity contribution in [2.24, 2.45) is 5.92 Å². The number of carbonyl (C=O) groups is 4. The SMILES string of the molecule is Cc1ccc(C(=O)N[C@H](C(=O)N[C@H]2CCc3cccc4c3N(C2=O)[C@H](C(=O)O)C4)C(C)C)cc1. The van der Waals surface area contributed by atoms with Gasteiger partial charge in [-0.15, -0.1) is 0 Å². The first-order valence-corrected chi connectivity index (χ1v) is 11.5. The predicted molar refractivity (Wildman–Crippen MR) is 127 cm³/mol. The second-order valence-electron chi connectivity index (χ2n) is 9.35. The second kappa shape index (κ2) is 9.29. The largest absolute Gasteiger partial charge is 0.480 e. The van der Waals surface area contributed by atoms with Gasteiger partial charge < -0.3 is 15.7 Å². The van der Waals surface area contributed by atoms with Crippen molar-refractivity contribution in [2.45, 2.75) is 58.2 Å². The first kappa shape index (κ1) is 23.5. The zero-order valence-electron chi connectivity index (χ0n) is 19.5. The Morgan fingerprint density at radius 2 is 1.74 bits per heavy atom. The van der Waals surface area contributed by atoms with Gasteiger partial charge in [0.25, 0.3) is 5.91 Å². The third-order valence-electron chi connectivity index (χ3n) is 6.56. The number of hydrogen-bond acceptors (Lipinski definition) is 4. The Bertz CT molecular complexity index is 1140. The molecule has 4 rings (SSSR count). The minimum absolute atomic E-state index is 0.224. The Morgan fingerprint density at radius 1 is 1.06 bits per heavy atom. The first-order chi connectivity index (χ1) is 16.2. The highest BCUT2D eigenvalue weighted by Crippen LogP contribution is 2.39. The summed E-state index contributed by atoms with van der Waals surface area (Å²) >= 11 is 0. The van der Waals surface area contributed by atoms with Crippen molar-refractivity contribution in [2.75, 3.05) is 4.90 Å². The zero-order chi connectivity index (χ0) is 24.6. The average Bonchev–Trinajstić information content (AvgIpc) is 3.14. The van der Waals surface area contributed by atoms with Crippen LogP contribution in [0.15, 0.2) is 42.5 Å². The molecule has 2 aromatic carbocycles. The smallest absolute Gasteiger partial charge is 0.327 e. The Labute approximate surface area is 198 Å². The molecule has 2 aromatic rings. The van der Waals surface area contributed by atoms with Crippen LogP contribution in [0.3, 0.4) is 0 Å². The third kappa shape index (κ3) is 4.40. The molecule has 8 nitrogen and oxygen atoms in total. The van der Waals surface area contributed by atoms with Crippen LogP contribution in [0.25, 0.3) is 0 Å². The number of nitrogens with zero attached hydrogens (tertiary/aromatic N) is 1. The summed E-state index contributed by atoms with van der Waals surface area (Å²) in [6, 6.07) is 9.92. The van der Waals surface area contributed by atoms with Crippen molar-refractivity contribution in [1.29, 1.82) is 0 Å². The molecular formula is C26H29N3O5. The van der Waals surface area contributed by atoms with Gasteiger partial charge in [-0.1, -0.05) is 49.7 Å². The molecule has 8 heteroatoms. The molecular weight excluding hydrogens is 434 g/mol. The van der Waals surface area contributed by atoms with Gasteiger partial charge >= 0.3 is 5.97 Å². The summed E-state index contributed by atoms with van der Waals surface area (Å²) in [5.74, 6) is -2.57. The van der Waals surface area contributed by atoms with Gasteiger partial charge in [-0.3, -0.25) is 19.3 Å². The molecule has 2 aliphatic heterocycles. The summed E-state index contributed by atoms with van der Waals surface area (Å²) < 4.78 is 0. The summed E-state index contributed by atoms with van der Waals surface area (Å²) in [6.07, 6.45) is 1.12. The molecule has 0 saturated carbocycles. The fourth-order valence-corrected chi connectivity index (χ4v) is 4.69. The Hall–Kier alpha value is -3.68. The van der Waals surface area contributed by atoms with Gasteiger partial charge in [-0.05, 0) is 48.9 Å². The maximum Gasteiger partial charge on any atom is 0.327 e. The number of anilines is 1. The van der Waals surface area contributed by atoms with Crippen LogP contribution in [0.5, 0.6) is 0 Å². The predicted octanol–water partition coefficient (Wildman–Crippen LogP) is 2.22. The van der Waals surface area contributed by atoms with Crippen molar-refractivity contribution < 1.29 is 24.3 Å². The van der Waals surface area contributed by atoms with Gasteiger partial charge in [0.05, 0.1) is 5.69 Å². The molecule has 0 unspecified atom stereocenters. The molecule has 0 aliphatic carbocycles. The second-order valence-corrected chi connectivity index (χ2v) is 9.35. The van der Waals surface area contributed by atoms with Gasteiger partial charge in [-0.25, -0.2) is 4.79 Å². The lowest BCUT2D eigenvalue weighted by Gasteiger charge is -2.28. The molecule has 3 N–H and O–H groups in total. The lowest BCUT2D eigenvalue weighted by molar-refractivity contribution is -0.140. The van der Waals surface area contributed by atoms with Gasteiger partial charge in [0.15, 0.2) is 0 Å². The highest BCUT2D eigenvalue weighted by Gasteiger charge is 2.44. The minimum atomic E-state index is -1.08. The number of carboxylic acids is 1. The average molecular weight is 464 g/mol. The number of aliphatic carboxylic acids is 1. The molecule has 178 valence electrons. The van der Waals surface area contributed by atoms with E-state index in [0.717, 1.165) is 16.7 Å². The fourth-order valence-electron chi connectivity index (χ4n) is 4.69. The summed E-state index contributed by atoms with van der Waals surface area (Å²) in [7, 11) is 0. The van der Waals surface area contributed by atoms with Crippen molar-refractivity contribution in [1.82, 2.24) is 10.6 Å². The van der Waals surface area contributed by atoms with E-state index >= 15 is 0 Å². The molecule has 0 aromatic heterocycles. The van der Waals surface area contributed by atoms with Crippen LogP contribution in [-0.2, 0) is 27.2 Å². The number of carboxylic acid groups (broad SMARTS) is 1. The lowest BCUT2D eigenvalue weighted by atomic mass is 9.99. The van der Waals surface area contributed by atoms with E-state index in [1.165, 1.54) is 4.90 Å². The van der Waals surface area contributed by atoms with Crippen LogP contribution in [0.1, 0.15) is 47.3 Å². The number of nitrogens with one attached hydrogen (secondary N) is 2. The van der Waals surface area contributed by atoms with E-state index in [1.807, 2.05) is 51.1 Å².